The summed E-state index contributed by atoms with van der Waals surface area (Å²) in [7, 11) is -3.58. The fraction of sp³-hybridized carbons (Fsp3) is 0.364. The molecule has 0 aromatic heterocycles. The average molecular weight is 273 g/mol. The maximum atomic E-state index is 11.6. The Hall–Kier alpha value is -1.60. The molecule has 7 heteroatoms. The van der Waals surface area contributed by atoms with Crippen LogP contribution >= 0.6 is 0 Å². The largest absolute Gasteiger partial charge is 0.478 e. The van der Waals surface area contributed by atoms with E-state index in [1.807, 2.05) is 0 Å². The maximum Gasteiger partial charge on any atom is 0.337 e. The van der Waals surface area contributed by atoms with Crippen LogP contribution in [0.25, 0.3) is 0 Å². The number of rotatable bonds is 5. The molecule has 0 aliphatic carbocycles. The number of carbonyl (C=O) groups is 1. The van der Waals surface area contributed by atoms with Gasteiger partial charge in [0.1, 0.15) is 6.23 Å². The summed E-state index contributed by atoms with van der Waals surface area (Å²) in [4.78, 5) is 10.9. The third kappa shape index (κ3) is 3.21. The molecular weight excluding hydrogens is 258 g/mol. The Kier molecular flexibility index (Phi) is 4.31. The van der Waals surface area contributed by atoms with Crippen LogP contribution in [0.15, 0.2) is 23.1 Å². The Morgan fingerprint density at radius 2 is 2.06 bits per heavy atom. The van der Waals surface area contributed by atoms with Crippen molar-refractivity contribution in [3.63, 3.8) is 0 Å². The number of carboxylic acid groups (broad SMARTS) is 1. The summed E-state index contributed by atoms with van der Waals surface area (Å²) in [5.74, 6) is -1.26. The molecule has 6 nitrogen and oxygen atoms in total. The molecule has 0 heterocycles. The van der Waals surface area contributed by atoms with Gasteiger partial charge >= 0.3 is 5.97 Å². The highest BCUT2D eigenvalue weighted by molar-refractivity contribution is 7.90. The number of carboxylic acids is 1. The van der Waals surface area contributed by atoms with E-state index in [0.29, 0.717) is 6.42 Å². The molecule has 0 saturated heterocycles. The normalized spacial score (nSPS) is 13.1. The third-order valence-electron chi connectivity index (χ3n) is 2.35. The summed E-state index contributed by atoms with van der Waals surface area (Å²) in [6.07, 6.45) is 0.292. The number of nitrogens with one attached hydrogen (secondary N) is 1. The predicted molar refractivity (Wildman–Crippen MR) is 66.4 cm³/mol. The standard InChI is InChI=1S/C11H15NO5S/c1-3-9(13)12-10-7(11(14)15)5-4-6-8(10)18(2,16)17/h4-6,9,12-13H,3H2,1-2H3,(H,14,15). The van der Waals surface area contributed by atoms with Crippen molar-refractivity contribution in [2.45, 2.75) is 24.5 Å². The van der Waals surface area contributed by atoms with Crippen molar-refractivity contribution < 1.29 is 23.4 Å². The van der Waals surface area contributed by atoms with E-state index in [0.717, 1.165) is 6.26 Å². The summed E-state index contributed by atoms with van der Waals surface area (Å²) in [6, 6.07) is 3.93. The quantitative estimate of drug-likeness (QED) is 0.689. The lowest BCUT2D eigenvalue weighted by atomic mass is 10.1. The highest BCUT2D eigenvalue weighted by Crippen LogP contribution is 2.26. The van der Waals surface area contributed by atoms with Gasteiger partial charge in [-0.1, -0.05) is 13.0 Å². The zero-order chi connectivity index (χ0) is 13.9. The molecule has 1 unspecified atom stereocenters. The van der Waals surface area contributed by atoms with Crippen molar-refractivity contribution >= 4 is 21.5 Å². The van der Waals surface area contributed by atoms with Crippen LogP contribution < -0.4 is 5.32 Å². The second kappa shape index (κ2) is 5.36. The number of hydrogen-bond acceptors (Lipinski definition) is 5. The average Bonchev–Trinajstić information content (AvgIpc) is 2.27. The first-order chi connectivity index (χ1) is 8.27. The van der Waals surface area contributed by atoms with E-state index < -0.39 is 22.0 Å². The summed E-state index contributed by atoms with van der Waals surface area (Å²) < 4.78 is 23.2. The first-order valence-electron chi connectivity index (χ1n) is 5.28. The Balaban J connectivity index is 3.44. The summed E-state index contributed by atoms with van der Waals surface area (Å²) >= 11 is 0. The SMILES string of the molecule is CCC(O)Nc1c(C(=O)O)cccc1S(C)(=O)=O. The molecule has 0 spiro atoms. The van der Waals surface area contributed by atoms with Gasteiger partial charge in [0.15, 0.2) is 9.84 Å². The van der Waals surface area contributed by atoms with Crippen molar-refractivity contribution in [2.75, 3.05) is 11.6 Å². The molecular formula is C11H15NO5S. The van der Waals surface area contributed by atoms with Crippen LogP contribution in [-0.2, 0) is 9.84 Å². The predicted octanol–water partition coefficient (Wildman–Crippen LogP) is 0.929. The molecule has 1 aromatic rings. The Bertz CT molecular complexity index is 553. The number of para-hydroxylation sites is 1. The molecule has 0 aliphatic rings. The van der Waals surface area contributed by atoms with Gasteiger partial charge in [-0.2, -0.15) is 0 Å². The number of hydrogen-bond donors (Lipinski definition) is 3. The van der Waals surface area contributed by atoms with E-state index in [2.05, 4.69) is 5.32 Å². The molecule has 0 saturated carbocycles. The number of aliphatic hydroxyl groups excluding tert-OH is 1. The smallest absolute Gasteiger partial charge is 0.337 e. The van der Waals surface area contributed by atoms with Gasteiger partial charge in [-0.05, 0) is 18.6 Å². The highest BCUT2D eigenvalue weighted by Gasteiger charge is 2.21. The number of aromatic carboxylic acids is 1. The minimum atomic E-state index is -3.58. The fourth-order valence-electron chi connectivity index (χ4n) is 1.44. The third-order valence-corrected chi connectivity index (χ3v) is 3.49. The topological polar surface area (TPSA) is 104 Å². The summed E-state index contributed by atoms with van der Waals surface area (Å²) in [6.45, 7) is 1.68. The van der Waals surface area contributed by atoms with Gasteiger partial charge in [-0.3, -0.25) is 0 Å². The minimum absolute atomic E-state index is 0.0816. The molecule has 1 atom stereocenters. The second-order valence-electron chi connectivity index (χ2n) is 3.82. The number of aliphatic hydroxyl groups is 1. The summed E-state index contributed by atoms with van der Waals surface area (Å²) in [5.41, 5.74) is -0.271. The monoisotopic (exact) mass is 273 g/mol. The molecule has 0 aliphatic heterocycles. The van der Waals surface area contributed by atoms with E-state index in [1.54, 1.807) is 6.92 Å². The van der Waals surface area contributed by atoms with Gasteiger partial charge < -0.3 is 15.5 Å². The first kappa shape index (κ1) is 14.5. The number of benzene rings is 1. The molecule has 0 amide bonds. The molecule has 3 N–H and O–H groups in total. The Labute approximate surface area is 105 Å². The zero-order valence-corrected chi connectivity index (χ0v) is 10.9. The van der Waals surface area contributed by atoms with Gasteiger partial charge in [0.25, 0.3) is 0 Å². The van der Waals surface area contributed by atoms with Gasteiger partial charge in [-0.15, -0.1) is 0 Å². The van der Waals surface area contributed by atoms with E-state index in [9.17, 15) is 18.3 Å². The van der Waals surface area contributed by atoms with Crippen LogP contribution in [0.5, 0.6) is 0 Å². The lowest BCUT2D eigenvalue weighted by Crippen LogP contribution is -2.21. The number of anilines is 1. The van der Waals surface area contributed by atoms with Crippen molar-refractivity contribution in [3.8, 4) is 0 Å². The van der Waals surface area contributed by atoms with E-state index >= 15 is 0 Å². The molecule has 0 fully saturated rings. The zero-order valence-electron chi connectivity index (χ0n) is 10.0. The van der Waals surface area contributed by atoms with Crippen LogP contribution in [0.4, 0.5) is 5.69 Å². The molecule has 1 aromatic carbocycles. The van der Waals surface area contributed by atoms with Crippen molar-refractivity contribution in [2.24, 2.45) is 0 Å². The molecule has 0 bridgehead atoms. The number of sulfone groups is 1. The lowest BCUT2D eigenvalue weighted by Gasteiger charge is -2.17. The van der Waals surface area contributed by atoms with E-state index in [-0.39, 0.29) is 16.1 Å². The molecule has 0 radical (unpaired) electrons. The first-order valence-corrected chi connectivity index (χ1v) is 7.17. The van der Waals surface area contributed by atoms with Crippen LogP contribution in [-0.4, -0.2) is 37.1 Å². The maximum absolute atomic E-state index is 11.6. The van der Waals surface area contributed by atoms with Crippen molar-refractivity contribution in [1.82, 2.24) is 0 Å². The van der Waals surface area contributed by atoms with Crippen molar-refractivity contribution in [3.05, 3.63) is 23.8 Å². The fourth-order valence-corrected chi connectivity index (χ4v) is 2.30. The Morgan fingerprint density at radius 1 is 1.44 bits per heavy atom. The van der Waals surface area contributed by atoms with Gasteiger partial charge in [-0.25, -0.2) is 13.2 Å². The summed E-state index contributed by atoms with van der Waals surface area (Å²) in [5, 5.41) is 21.0. The van der Waals surface area contributed by atoms with E-state index in [1.165, 1.54) is 18.2 Å². The molecule has 18 heavy (non-hydrogen) atoms. The second-order valence-corrected chi connectivity index (χ2v) is 5.81. The lowest BCUT2D eigenvalue weighted by molar-refractivity contribution is 0.0697. The van der Waals surface area contributed by atoms with Crippen LogP contribution in [0.3, 0.4) is 0 Å². The van der Waals surface area contributed by atoms with Gasteiger partial charge in [0.2, 0.25) is 0 Å². The van der Waals surface area contributed by atoms with Gasteiger partial charge in [0.05, 0.1) is 16.1 Å². The van der Waals surface area contributed by atoms with Crippen LogP contribution in [0.2, 0.25) is 0 Å². The highest BCUT2D eigenvalue weighted by atomic mass is 32.2. The molecule has 1 rings (SSSR count). The Morgan fingerprint density at radius 3 is 2.50 bits per heavy atom. The van der Waals surface area contributed by atoms with Crippen molar-refractivity contribution in [1.29, 1.82) is 0 Å². The van der Waals surface area contributed by atoms with Crippen LogP contribution in [0.1, 0.15) is 23.7 Å². The van der Waals surface area contributed by atoms with Crippen LogP contribution in [0, 0.1) is 0 Å². The van der Waals surface area contributed by atoms with Gasteiger partial charge in [0, 0.05) is 6.26 Å². The minimum Gasteiger partial charge on any atom is -0.478 e. The van der Waals surface area contributed by atoms with E-state index in [4.69, 9.17) is 5.11 Å². The molecule has 100 valence electrons.